The normalized spacial score (nSPS) is 14.0. The van der Waals surface area contributed by atoms with Gasteiger partial charge in [-0.15, -0.1) is 0 Å². The predicted octanol–water partition coefficient (Wildman–Crippen LogP) is 5.13. The van der Waals surface area contributed by atoms with Crippen LogP contribution in [-0.2, 0) is 4.79 Å². The molecular formula is C28H37N5O4S. The van der Waals surface area contributed by atoms with Crippen molar-refractivity contribution in [3.05, 3.63) is 35.7 Å². The zero-order valence-electron chi connectivity index (χ0n) is 22.9. The van der Waals surface area contributed by atoms with Crippen molar-refractivity contribution in [2.45, 2.75) is 47.5 Å². The van der Waals surface area contributed by atoms with Crippen molar-refractivity contribution in [1.82, 2.24) is 14.3 Å². The van der Waals surface area contributed by atoms with E-state index in [0.717, 1.165) is 21.6 Å². The van der Waals surface area contributed by atoms with Crippen molar-refractivity contribution in [2.24, 2.45) is 5.92 Å². The molecule has 0 atom stereocenters. The highest BCUT2D eigenvalue weighted by atomic mass is 32.1. The Kier molecular flexibility index (Phi) is 9.04. The molecule has 4 rings (SSSR count). The van der Waals surface area contributed by atoms with Crippen LogP contribution in [0.4, 0.5) is 11.4 Å². The van der Waals surface area contributed by atoms with E-state index in [0.29, 0.717) is 75.0 Å². The number of benzene rings is 1. The number of carbonyl (C=O) groups is 2. The molecule has 0 aliphatic carbocycles. The lowest BCUT2D eigenvalue weighted by atomic mass is 9.94. The van der Waals surface area contributed by atoms with Gasteiger partial charge in [0.1, 0.15) is 16.3 Å². The molecule has 10 heteroatoms. The number of carbonyl (C=O) groups excluding carboxylic acids is 2. The molecule has 1 fully saturated rings. The minimum Gasteiger partial charge on any atom is -0.494 e. The van der Waals surface area contributed by atoms with Crippen molar-refractivity contribution >= 4 is 44.9 Å². The number of nitrogens with one attached hydrogen (secondary N) is 1. The Bertz CT molecular complexity index is 1280. The number of amides is 2. The lowest BCUT2D eigenvalue weighted by Crippen LogP contribution is -2.40. The summed E-state index contributed by atoms with van der Waals surface area (Å²) in [6.07, 6.45) is 3.02. The van der Waals surface area contributed by atoms with E-state index < -0.39 is 0 Å². The molecule has 1 aromatic carbocycles. The van der Waals surface area contributed by atoms with Crippen LogP contribution < -0.4 is 19.7 Å². The van der Waals surface area contributed by atoms with E-state index in [1.54, 1.807) is 6.20 Å². The van der Waals surface area contributed by atoms with E-state index in [1.807, 2.05) is 57.7 Å². The monoisotopic (exact) mass is 539 g/mol. The Balaban J connectivity index is 1.54. The number of pyridine rings is 1. The summed E-state index contributed by atoms with van der Waals surface area (Å²) in [6.45, 7) is 13.4. The zero-order valence-corrected chi connectivity index (χ0v) is 23.7. The maximum Gasteiger partial charge on any atom is 0.257 e. The average molecular weight is 540 g/mol. The van der Waals surface area contributed by atoms with Crippen LogP contribution in [0.3, 0.4) is 0 Å². The van der Waals surface area contributed by atoms with Crippen LogP contribution in [-0.4, -0.2) is 65.5 Å². The van der Waals surface area contributed by atoms with E-state index in [2.05, 4.69) is 19.6 Å². The summed E-state index contributed by atoms with van der Waals surface area (Å²) in [5.74, 6) is 1.10. The minimum atomic E-state index is -0.155. The molecule has 0 spiro atoms. The van der Waals surface area contributed by atoms with Crippen LogP contribution in [0, 0.1) is 12.8 Å². The number of ether oxygens (including phenoxy) is 2. The summed E-state index contributed by atoms with van der Waals surface area (Å²) >= 11 is 1.35. The Morgan fingerprint density at radius 2 is 1.82 bits per heavy atom. The molecular weight excluding hydrogens is 502 g/mol. The van der Waals surface area contributed by atoms with Gasteiger partial charge in [0.05, 0.1) is 41.2 Å². The number of hydrogen-bond acceptors (Lipinski definition) is 8. The highest BCUT2D eigenvalue weighted by molar-refractivity contribution is 7.13. The van der Waals surface area contributed by atoms with E-state index in [1.165, 1.54) is 11.5 Å². The van der Waals surface area contributed by atoms with Gasteiger partial charge in [-0.05, 0) is 71.1 Å². The van der Waals surface area contributed by atoms with Crippen LogP contribution in [0.1, 0.15) is 56.6 Å². The van der Waals surface area contributed by atoms with Crippen molar-refractivity contribution < 1.29 is 19.1 Å². The van der Waals surface area contributed by atoms with E-state index in [4.69, 9.17) is 9.47 Å². The quantitative estimate of drug-likeness (QED) is 0.381. The third kappa shape index (κ3) is 5.70. The SMILES string of the molecule is CCOc1ccc(OCC)c(NC(=O)C2CCN(c3c(C(=O)N(CC)CC)cnc4snc(C)c34)CC2)c1. The lowest BCUT2D eigenvalue weighted by molar-refractivity contribution is -0.120. The van der Waals surface area contributed by atoms with Gasteiger partial charge in [-0.25, -0.2) is 4.98 Å². The Morgan fingerprint density at radius 3 is 2.47 bits per heavy atom. The van der Waals surface area contributed by atoms with E-state index >= 15 is 0 Å². The third-order valence-corrected chi connectivity index (χ3v) is 7.78. The number of aryl methyl sites for hydroxylation is 1. The van der Waals surface area contributed by atoms with Crippen LogP contribution >= 0.6 is 11.5 Å². The highest BCUT2D eigenvalue weighted by Crippen LogP contribution is 2.37. The second-order valence-electron chi connectivity index (χ2n) is 9.22. The van der Waals surface area contributed by atoms with Crippen molar-refractivity contribution in [2.75, 3.05) is 49.6 Å². The minimum absolute atomic E-state index is 0.0255. The van der Waals surface area contributed by atoms with Crippen LogP contribution in [0.25, 0.3) is 10.2 Å². The fourth-order valence-corrected chi connectivity index (χ4v) is 5.70. The van der Waals surface area contributed by atoms with Crippen LogP contribution in [0.5, 0.6) is 11.5 Å². The number of rotatable bonds is 10. The van der Waals surface area contributed by atoms with Gasteiger partial charge in [0.15, 0.2) is 0 Å². The summed E-state index contributed by atoms with van der Waals surface area (Å²) in [7, 11) is 0. The molecule has 0 bridgehead atoms. The Hall–Kier alpha value is -3.40. The third-order valence-electron chi connectivity index (χ3n) is 6.93. The van der Waals surface area contributed by atoms with Gasteiger partial charge in [0.25, 0.3) is 5.91 Å². The van der Waals surface area contributed by atoms with Crippen LogP contribution in [0.2, 0.25) is 0 Å². The molecule has 1 aliphatic rings. The number of piperidine rings is 1. The van der Waals surface area contributed by atoms with Gasteiger partial charge in [-0.1, -0.05) is 0 Å². The second-order valence-corrected chi connectivity index (χ2v) is 9.97. The molecule has 0 radical (unpaired) electrons. The molecule has 0 saturated carbocycles. The average Bonchev–Trinajstić information content (AvgIpc) is 3.31. The first kappa shape index (κ1) is 27.6. The summed E-state index contributed by atoms with van der Waals surface area (Å²) in [6, 6.07) is 5.48. The first-order chi connectivity index (χ1) is 18.4. The largest absolute Gasteiger partial charge is 0.494 e. The number of nitrogens with zero attached hydrogens (tertiary/aromatic N) is 4. The zero-order chi connectivity index (χ0) is 27.2. The molecule has 1 aliphatic heterocycles. The van der Waals surface area contributed by atoms with E-state index in [-0.39, 0.29) is 17.7 Å². The Labute approximate surface area is 228 Å². The summed E-state index contributed by atoms with van der Waals surface area (Å²) in [4.78, 5) is 36.2. The molecule has 204 valence electrons. The fourth-order valence-electron chi connectivity index (χ4n) is 4.95. The molecule has 2 aromatic heterocycles. The first-order valence-corrected chi connectivity index (χ1v) is 14.2. The molecule has 3 aromatic rings. The lowest BCUT2D eigenvalue weighted by Gasteiger charge is -2.35. The maximum atomic E-state index is 13.4. The molecule has 0 unspecified atom stereocenters. The molecule has 9 nitrogen and oxygen atoms in total. The predicted molar refractivity (Wildman–Crippen MR) is 152 cm³/mol. The summed E-state index contributed by atoms with van der Waals surface area (Å²) in [5, 5.41) is 4.01. The summed E-state index contributed by atoms with van der Waals surface area (Å²) in [5.41, 5.74) is 2.98. The smallest absolute Gasteiger partial charge is 0.257 e. The standard InChI is InChI=1S/C28H37N5O4S/c1-6-32(7-2)28(35)21-17-29-27-24(18(5)31-38-27)25(21)33-14-12-19(13-15-33)26(34)30-22-16-20(36-8-3)10-11-23(22)37-9-4/h10-11,16-17,19H,6-9,12-15H2,1-5H3,(H,30,34). The highest BCUT2D eigenvalue weighted by Gasteiger charge is 2.31. The first-order valence-electron chi connectivity index (χ1n) is 13.4. The van der Waals surface area contributed by atoms with Gasteiger partial charge in [-0.2, -0.15) is 4.37 Å². The van der Waals surface area contributed by atoms with Crippen LogP contribution in [0.15, 0.2) is 24.4 Å². The van der Waals surface area contributed by atoms with Gasteiger partial charge >= 0.3 is 0 Å². The number of aromatic nitrogens is 2. The van der Waals surface area contributed by atoms with Crippen molar-refractivity contribution in [3.8, 4) is 11.5 Å². The number of anilines is 2. The topological polar surface area (TPSA) is 96.9 Å². The van der Waals surface area contributed by atoms with Gasteiger partial charge in [0.2, 0.25) is 5.91 Å². The molecule has 38 heavy (non-hydrogen) atoms. The van der Waals surface area contributed by atoms with Crippen molar-refractivity contribution in [1.29, 1.82) is 0 Å². The molecule has 3 heterocycles. The summed E-state index contributed by atoms with van der Waals surface area (Å²) < 4.78 is 15.9. The molecule has 2 amide bonds. The number of hydrogen-bond donors (Lipinski definition) is 1. The van der Waals surface area contributed by atoms with E-state index in [9.17, 15) is 9.59 Å². The second kappa shape index (κ2) is 12.4. The maximum absolute atomic E-state index is 13.4. The van der Waals surface area contributed by atoms with Crippen molar-refractivity contribution in [3.63, 3.8) is 0 Å². The van der Waals surface area contributed by atoms with Gasteiger partial charge in [-0.3, -0.25) is 9.59 Å². The fraction of sp³-hybridized carbons (Fsp3) is 0.500. The Morgan fingerprint density at radius 1 is 1.11 bits per heavy atom. The molecule has 1 saturated heterocycles. The van der Waals surface area contributed by atoms with Gasteiger partial charge < -0.3 is 24.6 Å². The molecule has 1 N–H and O–H groups in total. The van der Waals surface area contributed by atoms with Gasteiger partial charge in [0, 0.05) is 44.4 Å². The number of fused-ring (bicyclic) bond motifs is 1.